The third-order valence-corrected chi connectivity index (χ3v) is 3.98. The molecule has 0 saturated carbocycles. The van der Waals surface area contributed by atoms with Gasteiger partial charge in [0.2, 0.25) is 0 Å². The van der Waals surface area contributed by atoms with E-state index in [2.05, 4.69) is 33.2 Å². The van der Waals surface area contributed by atoms with Gasteiger partial charge in [0.15, 0.2) is 0 Å². The molecular formula is C14H19BrN2O. The van der Waals surface area contributed by atoms with Crippen molar-refractivity contribution in [1.82, 2.24) is 10.2 Å². The van der Waals surface area contributed by atoms with Crippen molar-refractivity contribution in [2.45, 2.75) is 25.8 Å². The summed E-state index contributed by atoms with van der Waals surface area (Å²) < 4.78 is 1.01. The number of benzene rings is 1. The van der Waals surface area contributed by atoms with Gasteiger partial charge in [-0.2, -0.15) is 0 Å². The largest absolute Gasteiger partial charge is 0.349 e. The Kier molecular flexibility index (Phi) is 4.40. The van der Waals surface area contributed by atoms with Crippen LogP contribution in [0, 0.1) is 6.92 Å². The Morgan fingerprint density at radius 3 is 2.67 bits per heavy atom. The number of nitrogens with zero attached hydrogens (tertiary/aromatic N) is 1. The Labute approximate surface area is 117 Å². The smallest absolute Gasteiger partial charge is 0.251 e. The monoisotopic (exact) mass is 310 g/mol. The fourth-order valence-electron chi connectivity index (χ4n) is 2.30. The third kappa shape index (κ3) is 3.33. The molecule has 0 spiro atoms. The summed E-state index contributed by atoms with van der Waals surface area (Å²) >= 11 is 3.41. The fourth-order valence-corrected chi connectivity index (χ4v) is 2.77. The fraction of sp³-hybridized carbons (Fsp3) is 0.500. The number of likely N-dealkylation sites (tertiary alicyclic amines) is 1. The van der Waals surface area contributed by atoms with Crippen molar-refractivity contribution in [2.75, 3.05) is 20.1 Å². The first-order valence-corrected chi connectivity index (χ1v) is 7.11. The van der Waals surface area contributed by atoms with Gasteiger partial charge >= 0.3 is 0 Å². The second-order valence-corrected chi connectivity index (χ2v) is 5.93. The van der Waals surface area contributed by atoms with Crippen LogP contribution in [0.2, 0.25) is 0 Å². The Balaban J connectivity index is 1.99. The van der Waals surface area contributed by atoms with Crippen LogP contribution in [-0.2, 0) is 0 Å². The van der Waals surface area contributed by atoms with Crippen LogP contribution in [-0.4, -0.2) is 37.0 Å². The number of aryl methyl sites for hydroxylation is 1. The Morgan fingerprint density at radius 2 is 2.06 bits per heavy atom. The third-order valence-electron chi connectivity index (χ3n) is 3.49. The molecule has 0 radical (unpaired) electrons. The zero-order valence-electron chi connectivity index (χ0n) is 10.9. The van der Waals surface area contributed by atoms with Crippen molar-refractivity contribution >= 4 is 21.8 Å². The SMILES string of the molecule is Cc1cc(Br)ccc1C(=O)NC1CCN(C)CC1. The summed E-state index contributed by atoms with van der Waals surface area (Å²) in [6.45, 7) is 4.09. The highest BCUT2D eigenvalue weighted by molar-refractivity contribution is 9.10. The summed E-state index contributed by atoms with van der Waals surface area (Å²) in [5, 5.41) is 3.14. The highest BCUT2D eigenvalue weighted by Crippen LogP contribution is 2.16. The molecule has 98 valence electrons. The first-order valence-electron chi connectivity index (χ1n) is 6.32. The van der Waals surface area contributed by atoms with Crippen LogP contribution in [0.1, 0.15) is 28.8 Å². The average Bonchev–Trinajstić information content (AvgIpc) is 2.32. The lowest BCUT2D eigenvalue weighted by atomic mass is 10.0. The summed E-state index contributed by atoms with van der Waals surface area (Å²) in [7, 11) is 2.12. The van der Waals surface area contributed by atoms with E-state index in [1.54, 1.807) is 0 Å². The predicted octanol–water partition coefficient (Wildman–Crippen LogP) is 2.58. The first-order chi connectivity index (χ1) is 8.56. The van der Waals surface area contributed by atoms with Gasteiger partial charge < -0.3 is 10.2 Å². The molecule has 0 aromatic heterocycles. The van der Waals surface area contributed by atoms with E-state index in [0.717, 1.165) is 41.5 Å². The Morgan fingerprint density at radius 1 is 1.39 bits per heavy atom. The molecule has 1 amide bonds. The van der Waals surface area contributed by atoms with Crippen LogP contribution in [0.25, 0.3) is 0 Å². The molecule has 1 aromatic rings. The van der Waals surface area contributed by atoms with Crippen molar-refractivity contribution in [3.63, 3.8) is 0 Å². The minimum absolute atomic E-state index is 0.0505. The van der Waals surface area contributed by atoms with Crippen LogP contribution in [0.4, 0.5) is 0 Å². The second-order valence-electron chi connectivity index (χ2n) is 5.01. The van der Waals surface area contributed by atoms with E-state index in [-0.39, 0.29) is 5.91 Å². The number of carbonyl (C=O) groups excluding carboxylic acids is 1. The van der Waals surface area contributed by atoms with Crippen molar-refractivity contribution in [2.24, 2.45) is 0 Å². The zero-order valence-corrected chi connectivity index (χ0v) is 12.5. The van der Waals surface area contributed by atoms with E-state index in [9.17, 15) is 4.79 Å². The van der Waals surface area contributed by atoms with Crippen LogP contribution < -0.4 is 5.32 Å². The number of halogens is 1. The van der Waals surface area contributed by atoms with Crippen LogP contribution >= 0.6 is 15.9 Å². The molecule has 1 N–H and O–H groups in total. The van der Waals surface area contributed by atoms with E-state index in [1.807, 2.05) is 25.1 Å². The van der Waals surface area contributed by atoms with Gasteiger partial charge in [-0.1, -0.05) is 15.9 Å². The average molecular weight is 311 g/mol. The molecule has 1 fully saturated rings. The van der Waals surface area contributed by atoms with Crippen molar-refractivity contribution in [3.8, 4) is 0 Å². The Bertz CT molecular complexity index is 439. The van der Waals surface area contributed by atoms with Crippen molar-refractivity contribution in [1.29, 1.82) is 0 Å². The lowest BCUT2D eigenvalue weighted by molar-refractivity contribution is 0.0916. The summed E-state index contributed by atoms with van der Waals surface area (Å²) in [6.07, 6.45) is 2.08. The number of piperidine rings is 1. The molecule has 0 atom stereocenters. The van der Waals surface area contributed by atoms with Gasteiger partial charge in [-0.05, 0) is 63.7 Å². The van der Waals surface area contributed by atoms with E-state index < -0.39 is 0 Å². The maximum atomic E-state index is 12.2. The highest BCUT2D eigenvalue weighted by atomic mass is 79.9. The van der Waals surface area contributed by atoms with Gasteiger partial charge in [0.25, 0.3) is 5.91 Å². The molecule has 1 aromatic carbocycles. The number of rotatable bonds is 2. The molecule has 4 heteroatoms. The van der Waals surface area contributed by atoms with Crippen LogP contribution in [0.3, 0.4) is 0 Å². The molecule has 0 aliphatic carbocycles. The molecule has 2 rings (SSSR count). The number of hydrogen-bond donors (Lipinski definition) is 1. The zero-order chi connectivity index (χ0) is 13.1. The molecule has 1 saturated heterocycles. The van der Waals surface area contributed by atoms with Gasteiger partial charge in [-0.25, -0.2) is 0 Å². The van der Waals surface area contributed by atoms with E-state index in [1.165, 1.54) is 0 Å². The molecule has 3 nitrogen and oxygen atoms in total. The number of amides is 1. The van der Waals surface area contributed by atoms with E-state index in [0.29, 0.717) is 6.04 Å². The molecular weight excluding hydrogens is 292 g/mol. The molecule has 0 unspecified atom stereocenters. The molecule has 18 heavy (non-hydrogen) atoms. The minimum Gasteiger partial charge on any atom is -0.349 e. The Hall–Kier alpha value is -0.870. The molecule has 1 aliphatic heterocycles. The predicted molar refractivity (Wildman–Crippen MR) is 76.9 cm³/mol. The van der Waals surface area contributed by atoms with Crippen molar-refractivity contribution < 1.29 is 4.79 Å². The molecule has 1 aliphatic rings. The lowest BCUT2D eigenvalue weighted by Crippen LogP contribution is -2.43. The number of carbonyl (C=O) groups is 1. The summed E-state index contributed by atoms with van der Waals surface area (Å²) in [4.78, 5) is 14.5. The maximum Gasteiger partial charge on any atom is 0.251 e. The molecule has 0 bridgehead atoms. The van der Waals surface area contributed by atoms with Gasteiger partial charge in [-0.3, -0.25) is 4.79 Å². The second kappa shape index (κ2) is 5.85. The highest BCUT2D eigenvalue weighted by Gasteiger charge is 2.19. The summed E-state index contributed by atoms with van der Waals surface area (Å²) in [5.41, 5.74) is 1.78. The number of hydrogen-bond acceptors (Lipinski definition) is 2. The van der Waals surface area contributed by atoms with Crippen LogP contribution in [0.15, 0.2) is 22.7 Å². The summed E-state index contributed by atoms with van der Waals surface area (Å²) in [5.74, 6) is 0.0505. The van der Waals surface area contributed by atoms with Crippen LogP contribution in [0.5, 0.6) is 0 Å². The lowest BCUT2D eigenvalue weighted by Gasteiger charge is -2.29. The van der Waals surface area contributed by atoms with E-state index in [4.69, 9.17) is 0 Å². The van der Waals surface area contributed by atoms with Gasteiger partial charge in [0, 0.05) is 16.1 Å². The van der Waals surface area contributed by atoms with Gasteiger partial charge in [0.1, 0.15) is 0 Å². The normalized spacial score (nSPS) is 17.7. The minimum atomic E-state index is 0.0505. The number of nitrogens with one attached hydrogen (secondary N) is 1. The van der Waals surface area contributed by atoms with Gasteiger partial charge in [-0.15, -0.1) is 0 Å². The topological polar surface area (TPSA) is 32.3 Å². The van der Waals surface area contributed by atoms with Crippen molar-refractivity contribution in [3.05, 3.63) is 33.8 Å². The first kappa shape index (κ1) is 13.6. The summed E-state index contributed by atoms with van der Waals surface area (Å²) in [6, 6.07) is 6.08. The van der Waals surface area contributed by atoms with Gasteiger partial charge in [0.05, 0.1) is 0 Å². The standard InChI is InChI=1S/C14H19BrN2O/c1-10-9-11(15)3-4-13(10)14(18)16-12-5-7-17(2)8-6-12/h3-4,9,12H,5-8H2,1-2H3,(H,16,18). The van der Waals surface area contributed by atoms with E-state index >= 15 is 0 Å². The molecule has 1 heterocycles. The maximum absolute atomic E-state index is 12.2. The quantitative estimate of drug-likeness (QED) is 0.910.